The van der Waals surface area contributed by atoms with Gasteiger partial charge in [-0.25, -0.2) is 4.98 Å². The van der Waals surface area contributed by atoms with Crippen LogP contribution in [0.1, 0.15) is 19.4 Å². The minimum atomic E-state index is 0.273. The quantitative estimate of drug-likeness (QED) is 0.385. The van der Waals surface area contributed by atoms with Gasteiger partial charge in [0, 0.05) is 36.8 Å². The van der Waals surface area contributed by atoms with Gasteiger partial charge in [-0.15, -0.1) is 0 Å². The van der Waals surface area contributed by atoms with E-state index in [-0.39, 0.29) is 5.92 Å². The molecule has 0 saturated heterocycles. The summed E-state index contributed by atoms with van der Waals surface area (Å²) < 4.78 is 0. The smallest absolute Gasteiger partial charge is 0.132 e. The largest absolute Gasteiger partial charge is 0.404 e. The highest BCUT2D eigenvalue weighted by molar-refractivity contribution is 6.08. The molecule has 0 saturated carbocycles. The zero-order valence-corrected chi connectivity index (χ0v) is 15.2. The first-order valence-electron chi connectivity index (χ1n) is 8.29. The molecule has 0 aliphatic heterocycles. The minimum Gasteiger partial charge on any atom is -0.404 e. The molecule has 0 aliphatic carbocycles. The normalized spacial score (nSPS) is 13.2. The third kappa shape index (κ3) is 4.60. The van der Waals surface area contributed by atoms with Gasteiger partial charge in [0.1, 0.15) is 11.6 Å². The van der Waals surface area contributed by atoms with E-state index in [2.05, 4.69) is 20.6 Å². The summed E-state index contributed by atoms with van der Waals surface area (Å²) in [6.07, 6.45) is 8.09. The molecule has 0 radical (unpaired) electrons. The number of aromatic nitrogens is 2. The van der Waals surface area contributed by atoms with Gasteiger partial charge >= 0.3 is 0 Å². The number of pyridine rings is 2. The van der Waals surface area contributed by atoms with Crippen molar-refractivity contribution in [1.29, 1.82) is 5.41 Å². The second-order valence-corrected chi connectivity index (χ2v) is 6.04. The number of allylic oxidation sites excluding steroid dienone is 3. The van der Waals surface area contributed by atoms with E-state index in [4.69, 9.17) is 16.9 Å². The Morgan fingerprint density at radius 3 is 2.65 bits per heavy atom. The Morgan fingerprint density at radius 1 is 1.27 bits per heavy atom. The van der Waals surface area contributed by atoms with E-state index in [1.807, 2.05) is 32.0 Å². The van der Waals surface area contributed by atoms with E-state index in [0.717, 1.165) is 22.2 Å². The summed E-state index contributed by atoms with van der Waals surface area (Å²) >= 11 is 0. The maximum Gasteiger partial charge on any atom is 0.132 e. The van der Waals surface area contributed by atoms with Crippen molar-refractivity contribution in [2.24, 2.45) is 17.4 Å². The maximum absolute atomic E-state index is 7.53. The van der Waals surface area contributed by atoms with Crippen LogP contribution in [0.5, 0.6) is 0 Å². The van der Waals surface area contributed by atoms with Gasteiger partial charge in [0.25, 0.3) is 0 Å². The van der Waals surface area contributed by atoms with Crippen molar-refractivity contribution in [1.82, 2.24) is 15.3 Å². The average Bonchev–Trinajstić information content (AvgIpc) is 2.63. The second kappa shape index (κ2) is 8.66. The van der Waals surface area contributed by atoms with E-state index in [0.29, 0.717) is 17.2 Å². The van der Waals surface area contributed by atoms with Crippen molar-refractivity contribution < 1.29 is 0 Å². The van der Waals surface area contributed by atoms with Crippen LogP contribution in [0.4, 0.5) is 5.82 Å². The number of nitrogens with two attached hydrogens (primary N) is 2. The first kappa shape index (κ1) is 19.0. The van der Waals surface area contributed by atoms with Crippen molar-refractivity contribution in [2.75, 3.05) is 12.4 Å². The molecule has 0 amide bonds. The molecule has 0 bridgehead atoms. The lowest BCUT2D eigenvalue weighted by Crippen LogP contribution is -2.12. The highest BCUT2D eigenvalue weighted by Gasteiger charge is 2.06. The highest BCUT2D eigenvalue weighted by Crippen LogP contribution is 2.19. The van der Waals surface area contributed by atoms with Crippen molar-refractivity contribution >= 4 is 28.6 Å². The molecule has 2 aromatic heterocycles. The molecule has 0 unspecified atom stereocenters. The van der Waals surface area contributed by atoms with Gasteiger partial charge in [0.2, 0.25) is 0 Å². The van der Waals surface area contributed by atoms with Crippen LogP contribution in [-0.4, -0.2) is 23.2 Å². The van der Waals surface area contributed by atoms with Crippen LogP contribution in [0.25, 0.3) is 16.6 Å². The molecule has 0 fully saturated rings. The van der Waals surface area contributed by atoms with Crippen LogP contribution in [0.2, 0.25) is 0 Å². The first-order chi connectivity index (χ1) is 12.5. The van der Waals surface area contributed by atoms with E-state index in [1.54, 1.807) is 31.7 Å². The molecule has 2 rings (SSSR count). The zero-order chi connectivity index (χ0) is 19.1. The minimum absolute atomic E-state index is 0.273. The van der Waals surface area contributed by atoms with E-state index in [9.17, 15) is 0 Å². The molecule has 0 spiro atoms. The number of fused-ring (bicyclic) bond motifs is 1. The molecule has 2 heterocycles. The average molecular weight is 351 g/mol. The number of nitrogens with one attached hydrogen (secondary N) is 3. The number of rotatable bonds is 7. The Bertz CT molecular complexity index is 879. The third-order valence-electron chi connectivity index (χ3n) is 3.78. The predicted molar refractivity (Wildman–Crippen MR) is 108 cm³/mol. The topological polar surface area (TPSA) is 126 Å². The van der Waals surface area contributed by atoms with Crippen molar-refractivity contribution in [3.63, 3.8) is 0 Å². The number of hydrogen-bond donors (Lipinski definition) is 5. The Kier molecular flexibility index (Phi) is 6.32. The fourth-order valence-electron chi connectivity index (χ4n) is 2.37. The van der Waals surface area contributed by atoms with Gasteiger partial charge in [0.05, 0.1) is 11.0 Å². The molecule has 7 heteroatoms. The van der Waals surface area contributed by atoms with E-state index in [1.165, 1.54) is 6.21 Å². The molecule has 7 nitrogen and oxygen atoms in total. The summed E-state index contributed by atoms with van der Waals surface area (Å²) in [5.74, 6) is 1.34. The fourth-order valence-corrected chi connectivity index (χ4v) is 2.37. The Labute approximate surface area is 153 Å². The number of anilines is 1. The maximum atomic E-state index is 7.53. The number of hydrogen-bond acceptors (Lipinski definition) is 7. The predicted octanol–water partition coefficient (Wildman–Crippen LogP) is 2.55. The van der Waals surface area contributed by atoms with Crippen molar-refractivity contribution in [2.45, 2.75) is 13.8 Å². The molecule has 0 aromatic carbocycles. The van der Waals surface area contributed by atoms with Crippen LogP contribution in [0.15, 0.2) is 54.3 Å². The fraction of sp³-hybridized carbons (Fsp3) is 0.211. The summed E-state index contributed by atoms with van der Waals surface area (Å²) in [6, 6.07) is 5.58. The molecular formula is C19H25N7. The van der Waals surface area contributed by atoms with Gasteiger partial charge in [-0.3, -0.25) is 4.98 Å². The van der Waals surface area contributed by atoms with Gasteiger partial charge < -0.3 is 27.5 Å². The van der Waals surface area contributed by atoms with E-state index < -0.39 is 0 Å². The standard InChI is InChI=1S/C19H25N7/c1-12(2)13(8-20)7-18(22)26-19-5-4-16-17(25-19)6-14(11-24-16)15(9-21)10-23-3/h4-12,21,23H,20,22H2,1-3H3,(H,25,26)/b13-8+,15-10+,18-7+,21-9?. The Hall–Kier alpha value is -3.35. The lowest BCUT2D eigenvalue weighted by atomic mass is 10.0. The first-order valence-corrected chi connectivity index (χ1v) is 8.29. The molecule has 0 aliphatic rings. The van der Waals surface area contributed by atoms with Gasteiger partial charge in [-0.05, 0) is 42.0 Å². The molecule has 136 valence electrons. The molecule has 26 heavy (non-hydrogen) atoms. The number of nitrogens with zero attached hydrogens (tertiary/aromatic N) is 2. The Morgan fingerprint density at radius 2 is 2.04 bits per heavy atom. The van der Waals surface area contributed by atoms with E-state index >= 15 is 0 Å². The van der Waals surface area contributed by atoms with Gasteiger partial charge in [-0.1, -0.05) is 13.8 Å². The Balaban J connectivity index is 2.34. The molecular weight excluding hydrogens is 326 g/mol. The summed E-state index contributed by atoms with van der Waals surface area (Å²) in [5, 5.41) is 13.5. The van der Waals surface area contributed by atoms with Crippen LogP contribution < -0.4 is 22.1 Å². The molecule has 2 aromatic rings. The van der Waals surface area contributed by atoms with Crippen molar-refractivity contribution in [3.8, 4) is 0 Å². The third-order valence-corrected chi connectivity index (χ3v) is 3.78. The van der Waals surface area contributed by atoms with Crippen LogP contribution in [-0.2, 0) is 0 Å². The van der Waals surface area contributed by atoms with Gasteiger partial charge in [-0.2, -0.15) is 0 Å². The highest BCUT2D eigenvalue weighted by atomic mass is 15.1. The van der Waals surface area contributed by atoms with Gasteiger partial charge in [0.15, 0.2) is 0 Å². The lowest BCUT2D eigenvalue weighted by Gasteiger charge is -2.10. The summed E-state index contributed by atoms with van der Waals surface area (Å²) in [5.41, 5.74) is 15.6. The molecule has 0 atom stereocenters. The lowest BCUT2D eigenvalue weighted by molar-refractivity contribution is 0.786. The van der Waals surface area contributed by atoms with Crippen LogP contribution in [0.3, 0.4) is 0 Å². The summed E-state index contributed by atoms with van der Waals surface area (Å²) in [7, 11) is 1.79. The summed E-state index contributed by atoms with van der Waals surface area (Å²) in [6.45, 7) is 4.09. The van der Waals surface area contributed by atoms with Crippen LogP contribution in [0, 0.1) is 11.3 Å². The van der Waals surface area contributed by atoms with Crippen LogP contribution >= 0.6 is 0 Å². The second-order valence-electron chi connectivity index (χ2n) is 6.04. The molecule has 7 N–H and O–H groups in total. The monoisotopic (exact) mass is 351 g/mol. The van der Waals surface area contributed by atoms with Crippen molar-refractivity contribution in [3.05, 3.63) is 59.8 Å². The zero-order valence-electron chi connectivity index (χ0n) is 15.2. The SMILES string of the molecule is CN/C=C(\C=N)c1cnc2ccc(N/C(N)=C/C(=C\N)C(C)C)nc2c1. The summed E-state index contributed by atoms with van der Waals surface area (Å²) in [4.78, 5) is 8.97.